The fourth-order valence-electron chi connectivity index (χ4n) is 3.43. The van der Waals surface area contributed by atoms with Crippen LogP contribution in [-0.4, -0.2) is 18.3 Å². The van der Waals surface area contributed by atoms with Gasteiger partial charge in [-0.2, -0.15) is 0 Å². The Labute approximate surface area is 161 Å². The number of carbonyl (C=O) groups is 1. The summed E-state index contributed by atoms with van der Waals surface area (Å²) in [6, 6.07) is 19.0. The van der Waals surface area contributed by atoms with Gasteiger partial charge >= 0.3 is 0 Å². The first kappa shape index (κ1) is 17.5. The molecule has 0 spiro atoms. The molecule has 0 saturated carbocycles. The molecule has 0 aromatic heterocycles. The van der Waals surface area contributed by atoms with Crippen molar-refractivity contribution in [1.82, 2.24) is 5.32 Å². The molecule has 3 aromatic carbocycles. The summed E-state index contributed by atoms with van der Waals surface area (Å²) < 4.78 is 0. The van der Waals surface area contributed by atoms with Gasteiger partial charge in [-0.1, -0.05) is 63.2 Å². The maximum Gasteiger partial charge on any atom is 0.229 e. The molecule has 0 aliphatic carbocycles. The highest BCUT2D eigenvalue weighted by Gasteiger charge is 2.21. The molecule has 27 heavy (non-hydrogen) atoms. The van der Waals surface area contributed by atoms with E-state index in [1.807, 2.05) is 18.2 Å². The number of fused-ring (bicyclic) bond motifs is 2. The number of benzene rings is 3. The van der Waals surface area contributed by atoms with Gasteiger partial charge in [0.2, 0.25) is 5.91 Å². The minimum atomic E-state index is -0.0275. The highest BCUT2D eigenvalue weighted by Crippen LogP contribution is 2.27. The van der Waals surface area contributed by atoms with Crippen molar-refractivity contribution in [2.75, 3.05) is 6.54 Å². The Morgan fingerprint density at radius 2 is 1.67 bits per heavy atom. The first-order valence-corrected chi connectivity index (χ1v) is 9.35. The fraction of sp³-hybridized carbons (Fsp3) is 0.250. The smallest absolute Gasteiger partial charge is 0.229 e. The van der Waals surface area contributed by atoms with Crippen LogP contribution in [0.15, 0.2) is 71.2 Å². The lowest BCUT2D eigenvalue weighted by Gasteiger charge is -2.18. The molecule has 1 heterocycles. The van der Waals surface area contributed by atoms with Crippen LogP contribution in [0.4, 0.5) is 0 Å². The Hall–Kier alpha value is -2.94. The minimum absolute atomic E-state index is 0. The molecule has 0 bridgehead atoms. The summed E-state index contributed by atoms with van der Waals surface area (Å²) in [5, 5.41) is 7.74. The van der Waals surface area contributed by atoms with Crippen LogP contribution >= 0.6 is 0 Å². The second kappa shape index (κ2) is 6.66. The number of nitrogens with zero attached hydrogens (tertiary/aromatic N) is 1. The Morgan fingerprint density at radius 3 is 2.33 bits per heavy atom. The molecule has 3 heteroatoms. The zero-order valence-corrected chi connectivity index (χ0v) is 16.0. The van der Waals surface area contributed by atoms with Crippen LogP contribution < -0.4 is 5.32 Å². The van der Waals surface area contributed by atoms with Gasteiger partial charge in [0.05, 0.1) is 13.0 Å². The molecule has 0 saturated heterocycles. The van der Waals surface area contributed by atoms with E-state index >= 15 is 0 Å². The molecular weight excluding hydrogens is 332 g/mol. The molecule has 0 fully saturated rings. The predicted octanol–water partition coefficient (Wildman–Crippen LogP) is 5.28. The van der Waals surface area contributed by atoms with Gasteiger partial charge < -0.3 is 5.32 Å². The molecule has 0 atom stereocenters. The normalized spacial score (nSPS) is 14.3. The maximum atomic E-state index is 12.5. The zero-order valence-electron chi connectivity index (χ0n) is 16.0. The maximum absolute atomic E-state index is 12.5. The summed E-state index contributed by atoms with van der Waals surface area (Å²) in [5.41, 5.74) is 2.33. The molecule has 0 unspecified atom stereocenters. The van der Waals surface area contributed by atoms with Gasteiger partial charge in [0.25, 0.3) is 0 Å². The third-order valence-corrected chi connectivity index (χ3v) is 5.10. The van der Waals surface area contributed by atoms with Crippen LogP contribution in [0, 0.1) is 5.41 Å². The molecule has 3 nitrogen and oxygen atoms in total. The van der Waals surface area contributed by atoms with E-state index in [4.69, 9.17) is 0 Å². The van der Waals surface area contributed by atoms with Crippen LogP contribution in [0.1, 0.15) is 27.8 Å². The lowest BCUT2D eigenvalue weighted by Crippen LogP contribution is -2.29. The van der Waals surface area contributed by atoms with Crippen LogP contribution in [0.2, 0.25) is 0 Å². The van der Waals surface area contributed by atoms with Gasteiger partial charge in [-0.05, 0) is 56.3 Å². The second-order valence-electron chi connectivity index (χ2n) is 8.23. The molecule has 3 aromatic rings. The monoisotopic (exact) mass is 358 g/mol. The Morgan fingerprint density at radius 1 is 1.00 bits per heavy atom. The van der Waals surface area contributed by atoms with Crippen LogP contribution in [-0.2, 0) is 11.2 Å². The van der Waals surface area contributed by atoms with Crippen molar-refractivity contribution < 1.29 is 6.22 Å². The molecule has 1 N–H and O–H groups in total. The number of hydrogen-bond donors (Lipinski definition) is 1. The summed E-state index contributed by atoms with van der Waals surface area (Å²) >= 11 is 0. The van der Waals surface area contributed by atoms with Crippen molar-refractivity contribution in [2.45, 2.75) is 27.2 Å². The van der Waals surface area contributed by atoms with Gasteiger partial charge in [0, 0.05) is 1.43 Å². The van der Waals surface area contributed by atoms with E-state index in [0.717, 1.165) is 10.9 Å². The summed E-state index contributed by atoms with van der Waals surface area (Å²) in [7, 11) is 0. The highest BCUT2D eigenvalue weighted by molar-refractivity contribution is 6.06. The third kappa shape index (κ3) is 3.77. The number of carbonyl (C=O) groups excluding carboxylic acids is 1. The summed E-state index contributed by atoms with van der Waals surface area (Å²) in [5.74, 6) is 0.650. The number of amidine groups is 1. The van der Waals surface area contributed by atoms with Crippen molar-refractivity contribution in [3.8, 4) is 0 Å². The van der Waals surface area contributed by atoms with E-state index in [-0.39, 0.29) is 12.7 Å². The SMILES string of the molecule is CC(C)(C)C1=CC(NC(=O)Cc2ccc3cc4ccccc4cc3c2)=NC1.[HH]. The van der Waals surface area contributed by atoms with E-state index in [1.54, 1.807) is 0 Å². The Bertz CT molecular complexity index is 1110. The van der Waals surface area contributed by atoms with E-state index in [1.165, 1.54) is 21.7 Å². The lowest BCUT2D eigenvalue weighted by atomic mass is 9.87. The number of rotatable bonds is 2. The first-order valence-electron chi connectivity index (χ1n) is 9.35. The Kier molecular flexibility index (Phi) is 4.31. The van der Waals surface area contributed by atoms with E-state index in [2.05, 4.69) is 73.5 Å². The summed E-state index contributed by atoms with van der Waals surface area (Å²) in [6.45, 7) is 7.16. The van der Waals surface area contributed by atoms with Gasteiger partial charge in [0.1, 0.15) is 5.84 Å². The Balaban J connectivity index is 0.00000225. The average Bonchev–Trinajstić information content (AvgIpc) is 3.08. The quantitative estimate of drug-likeness (QED) is 0.622. The highest BCUT2D eigenvalue weighted by atomic mass is 16.1. The first-order chi connectivity index (χ1) is 12.9. The number of hydrogen-bond acceptors (Lipinski definition) is 2. The summed E-state index contributed by atoms with van der Waals surface area (Å²) in [6.07, 6.45) is 2.35. The number of aliphatic imine (C=N–C) groups is 1. The average molecular weight is 358 g/mol. The molecule has 4 rings (SSSR count). The van der Waals surface area contributed by atoms with Crippen molar-refractivity contribution >= 4 is 33.3 Å². The molecule has 1 aliphatic heterocycles. The van der Waals surface area contributed by atoms with Crippen molar-refractivity contribution in [1.29, 1.82) is 0 Å². The van der Waals surface area contributed by atoms with Gasteiger partial charge in [0.15, 0.2) is 0 Å². The van der Waals surface area contributed by atoms with Crippen LogP contribution in [0.3, 0.4) is 0 Å². The van der Waals surface area contributed by atoms with Gasteiger partial charge in [-0.15, -0.1) is 0 Å². The van der Waals surface area contributed by atoms with E-state index < -0.39 is 0 Å². The zero-order chi connectivity index (χ0) is 19.0. The topological polar surface area (TPSA) is 41.5 Å². The molecule has 0 radical (unpaired) electrons. The minimum Gasteiger partial charge on any atom is -0.311 e. The lowest BCUT2D eigenvalue weighted by molar-refractivity contribution is -0.119. The van der Waals surface area contributed by atoms with E-state index in [0.29, 0.717) is 18.8 Å². The van der Waals surface area contributed by atoms with Crippen LogP contribution in [0.5, 0.6) is 0 Å². The van der Waals surface area contributed by atoms with Crippen molar-refractivity contribution in [3.05, 3.63) is 71.8 Å². The second-order valence-corrected chi connectivity index (χ2v) is 8.23. The van der Waals surface area contributed by atoms with Gasteiger partial charge in [-0.3, -0.25) is 9.79 Å². The van der Waals surface area contributed by atoms with E-state index in [9.17, 15) is 4.79 Å². The molecule has 138 valence electrons. The van der Waals surface area contributed by atoms with Crippen LogP contribution in [0.25, 0.3) is 21.5 Å². The standard InChI is InChI=1S/C24H24N2O.H2/c1-24(2,3)21-14-22(25-15-21)26-23(27)11-16-8-9-19-12-17-6-4-5-7-18(17)13-20(19)10-16;/h4-10,12-14H,11,15H2,1-3H3,(H,25,26,27);1H. The van der Waals surface area contributed by atoms with Crippen molar-refractivity contribution in [2.24, 2.45) is 10.4 Å². The summed E-state index contributed by atoms with van der Waals surface area (Å²) in [4.78, 5) is 16.9. The van der Waals surface area contributed by atoms with Gasteiger partial charge in [-0.25, -0.2) is 0 Å². The van der Waals surface area contributed by atoms with Crippen molar-refractivity contribution in [3.63, 3.8) is 0 Å². The largest absolute Gasteiger partial charge is 0.311 e. The predicted molar refractivity (Wildman–Crippen MR) is 115 cm³/mol. The number of nitrogens with one attached hydrogen (secondary N) is 1. The molecular formula is C24H26N2O. The molecule has 1 aliphatic rings. The molecule has 1 amide bonds. The fourth-order valence-corrected chi connectivity index (χ4v) is 3.43. The number of amides is 1. The third-order valence-electron chi connectivity index (χ3n) is 5.10.